The second kappa shape index (κ2) is 5.79. The highest BCUT2D eigenvalue weighted by Crippen LogP contribution is 2.27. The zero-order valence-electron chi connectivity index (χ0n) is 12.6. The van der Waals surface area contributed by atoms with Crippen LogP contribution in [-0.4, -0.2) is 35.0 Å². The molecule has 0 aromatic heterocycles. The van der Waals surface area contributed by atoms with Crippen molar-refractivity contribution in [3.05, 3.63) is 33.4 Å². The van der Waals surface area contributed by atoms with E-state index in [2.05, 4.69) is 24.1 Å². The van der Waals surface area contributed by atoms with Crippen LogP contribution in [0.4, 0.5) is 11.4 Å². The van der Waals surface area contributed by atoms with Crippen LogP contribution in [0, 0.1) is 24.0 Å². The first-order chi connectivity index (χ1) is 9.38. The number of likely N-dealkylation sites (tertiary alicyclic amines) is 1. The molecule has 1 N–H and O–H groups in total. The fourth-order valence-corrected chi connectivity index (χ4v) is 2.75. The van der Waals surface area contributed by atoms with Crippen LogP contribution in [0.5, 0.6) is 0 Å². The van der Waals surface area contributed by atoms with Gasteiger partial charge in [0.15, 0.2) is 0 Å². The zero-order valence-corrected chi connectivity index (χ0v) is 12.6. The third-order valence-corrected chi connectivity index (χ3v) is 4.05. The number of anilines is 1. The smallest absolute Gasteiger partial charge is 0.272 e. The number of hydrogen-bond donors (Lipinski definition) is 1. The summed E-state index contributed by atoms with van der Waals surface area (Å²) in [5, 5.41) is 14.5. The van der Waals surface area contributed by atoms with Crippen LogP contribution in [0.3, 0.4) is 0 Å². The summed E-state index contributed by atoms with van der Waals surface area (Å²) >= 11 is 0. The summed E-state index contributed by atoms with van der Waals surface area (Å²) < 4.78 is 0. The molecule has 0 aliphatic carbocycles. The van der Waals surface area contributed by atoms with Gasteiger partial charge in [-0.15, -0.1) is 0 Å². The van der Waals surface area contributed by atoms with Crippen LogP contribution in [-0.2, 0) is 0 Å². The van der Waals surface area contributed by atoms with Gasteiger partial charge >= 0.3 is 0 Å². The molecule has 1 aromatic carbocycles. The Bertz CT molecular complexity index is 514. The van der Waals surface area contributed by atoms with Gasteiger partial charge in [0.2, 0.25) is 0 Å². The molecule has 5 heteroatoms. The first-order valence-corrected chi connectivity index (χ1v) is 7.14. The molecule has 20 heavy (non-hydrogen) atoms. The number of hydrogen-bond acceptors (Lipinski definition) is 4. The molecule has 110 valence electrons. The third-order valence-electron chi connectivity index (χ3n) is 4.05. The van der Waals surface area contributed by atoms with Gasteiger partial charge in [0.1, 0.15) is 0 Å². The van der Waals surface area contributed by atoms with E-state index in [4.69, 9.17) is 0 Å². The van der Waals surface area contributed by atoms with E-state index in [1.807, 2.05) is 13.0 Å². The Labute approximate surface area is 120 Å². The lowest BCUT2D eigenvalue weighted by Gasteiger charge is -2.21. The van der Waals surface area contributed by atoms with Crippen LogP contribution < -0.4 is 5.32 Å². The van der Waals surface area contributed by atoms with Crippen LogP contribution in [0.2, 0.25) is 0 Å². The summed E-state index contributed by atoms with van der Waals surface area (Å²) in [5.74, 6) is 0. The Morgan fingerprint density at radius 1 is 1.35 bits per heavy atom. The maximum absolute atomic E-state index is 10.9. The summed E-state index contributed by atoms with van der Waals surface area (Å²) in [5.41, 5.74) is 2.86. The molecule has 5 nitrogen and oxygen atoms in total. The number of aryl methyl sites for hydroxylation is 2. The van der Waals surface area contributed by atoms with E-state index in [1.54, 1.807) is 13.0 Å². The summed E-state index contributed by atoms with van der Waals surface area (Å²) in [6.07, 6.45) is 1.12. The standard InChI is InChI=1S/C15H23N3O2/c1-10(2)17-6-5-13(9-17)16-14-7-12(4)15(18(19)20)8-11(14)3/h7-8,10,13,16H,5-6,9H2,1-4H3. The van der Waals surface area contributed by atoms with E-state index in [9.17, 15) is 10.1 Å². The lowest BCUT2D eigenvalue weighted by molar-refractivity contribution is -0.385. The summed E-state index contributed by atoms with van der Waals surface area (Å²) in [6, 6.07) is 4.55. The van der Waals surface area contributed by atoms with Gasteiger partial charge < -0.3 is 5.32 Å². The molecule has 2 rings (SSSR count). The van der Waals surface area contributed by atoms with Gasteiger partial charge in [0, 0.05) is 42.5 Å². The molecule has 1 aliphatic heterocycles. The SMILES string of the molecule is Cc1cc([N+](=O)[O-])c(C)cc1NC1CCN(C(C)C)C1. The van der Waals surface area contributed by atoms with Gasteiger partial charge in [0.05, 0.1) is 4.92 Å². The van der Waals surface area contributed by atoms with Crippen LogP contribution in [0.15, 0.2) is 12.1 Å². The maximum Gasteiger partial charge on any atom is 0.272 e. The van der Waals surface area contributed by atoms with E-state index in [0.29, 0.717) is 17.6 Å². The highest BCUT2D eigenvalue weighted by molar-refractivity contribution is 5.59. The van der Waals surface area contributed by atoms with Crippen molar-refractivity contribution in [1.29, 1.82) is 0 Å². The van der Waals surface area contributed by atoms with Crippen molar-refractivity contribution in [1.82, 2.24) is 4.90 Å². The number of benzene rings is 1. The number of nitro benzene ring substituents is 1. The van der Waals surface area contributed by atoms with Crippen molar-refractivity contribution in [3.63, 3.8) is 0 Å². The van der Waals surface area contributed by atoms with Gasteiger partial charge in [-0.3, -0.25) is 15.0 Å². The van der Waals surface area contributed by atoms with Gasteiger partial charge in [-0.1, -0.05) is 0 Å². The number of nitrogens with one attached hydrogen (secondary N) is 1. The number of rotatable bonds is 4. The molecule has 1 unspecified atom stereocenters. The number of nitro groups is 1. The van der Waals surface area contributed by atoms with Crippen molar-refractivity contribution in [2.24, 2.45) is 0 Å². The van der Waals surface area contributed by atoms with Crippen molar-refractivity contribution in [3.8, 4) is 0 Å². The van der Waals surface area contributed by atoms with Crippen molar-refractivity contribution in [2.45, 2.75) is 46.2 Å². The molecular formula is C15H23N3O2. The molecule has 0 amide bonds. The van der Waals surface area contributed by atoms with Crippen LogP contribution in [0.25, 0.3) is 0 Å². The highest BCUT2D eigenvalue weighted by Gasteiger charge is 2.24. The van der Waals surface area contributed by atoms with Crippen molar-refractivity contribution >= 4 is 11.4 Å². The first-order valence-electron chi connectivity index (χ1n) is 7.14. The molecule has 0 bridgehead atoms. The minimum Gasteiger partial charge on any atom is -0.381 e. The Kier molecular flexibility index (Phi) is 4.28. The largest absolute Gasteiger partial charge is 0.381 e. The Morgan fingerprint density at radius 3 is 2.60 bits per heavy atom. The summed E-state index contributed by atoms with van der Waals surface area (Å²) in [7, 11) is 0. The van der Waals surface area contributed by atoms with Crippen molar-refractivity contribution in [2.75, 3.05) is 18.4 Å². The lowest BCUT2D eigenvalue weighted by atomic mass is 10.1. The summed E-state index contributed by atoms with van der Waals surface area (Å²) in [6.45, 7) is 10.3. The van der Waals surface area contributed by atoms with Crippen LogP contribution in [0.1, 0.15) is 31.4 Å². The molecule has 1 fully saturated rings. The quantitative estimate of drug-likeness (QED) is 0.678. The molecule has 1 saturated heterocycles. The minimum atomic E-state index is -0.317. The van der Waals surface area contributed by atoms with E-state index in [-0.39, 0.29) is 10.6 Å². The maximum atomic E-state index is 10.9. The first kappa shape index (κ1) is 14.8. The molecule has 1 heterocycles. The molecule has 1 aliphatic rings. The normalized spacial score (nSPS) is 19.6. The lowest BCUT2D eigenvalue weighted by Crippen LogP contribution is -2.31. The third kappa shape index (κ3) is 3.10. The Morgan fingerprint density at radius 2 is 2.05 bits per heavy atom. The monoisotopic (exact) mass is 277 g/mol. The highest BCUT2D eigenvalue weighted by atomic mass is 16.6. The van der Waals surface area contributed by atoms with Crippen molar-refractivity contribution < 1.29 is 4.92 Å². The molecular weight excluding hydrogens is 254 g/mol. The topological polar surface area (TPSA) is 58.4 Å². The Balaban J connectivity index is 2.11. The number of nitrogens with zero attached hydrogens (tertiary/aromatic N) is 2. The average Bonchev–Trinajstić information content (AvgIpc) is 2.81. The predicted octanol–water partition coefficient (Wildman–Crippen LogP) is 3.11. The molecule has 0 saturated carbocycles. The van der Waals surface area contributed by atoms with E-state index in [1.165, 1.54) is 0 Å². The van der Waals surface area contributed by atoms with Gasteiger partial charge in [-0.05, 0) is 45.7 Å². The average molecular weight is 277 g/mol. The fraction of sp³-hybridized carbons (Fsp3) is 0.600. The van der Waals surface area contributed by atoms with E-state index >= 15 is 0 Å². The van der Waals surface area contributed by atoms with E-state index < -0.39 is 0 Å². The van der Waals surface area contributed by atoms with Gasteiger partial charge in [0.25, 0.3) is 5.69 Å². The molecule has 0 radical (unpaired) electrons. The summed E-state index contributed by atoms with van der Waals surface area (Å²) in [4.78, 5) is 13.1. The minimum absolute atomic E-state index is 0.197. The molecule has 1 atom stereocenters. The molecule has 0 spiro atoms. The van der Waals surface area contributed by atoms with Crippen LogP contribution >= 0.6 is 0 Å². The second-order valence-electron chi connectivity index (χ2n) is 5.93. The van der Waals surface area contributed by atoms with Gasteiger partial charge in [-0.25, -0.2) is 0 Å². The van der Waals surface area contributed by atoms with E-state index in [0.717, 1.165) is 30.8 Å². The second-order valence-corrected chi connectivity index (χ2v) is 5.93. The fourth-order valence-electron chi connectivity index (χ4n) is 2.75. The molecule has 1 aromatic rings. The zero-order chi connectivity index (χ0) is 14.9. The van der Waals surface area contributed by atoms with Gasteiger partial charge in [-0.2, -0.15) is 0 Å². The Hall–Kier alpha value is -1.62. The predicted molar refractivity (Wildman–Crippen MR) is 81.3 cm³/mol.